The average Bonchev–Trinajstić information content (AvgIpc) is 1.38. The van der Waals surface area contributed by atoms with Gasteiger partial charge in [0.25, 0.3) is 0 Å². The molecule has 0 fully saturated rings. The molecule has 0 aromatic heterocycles. The van der Waals surface area contributed by atoms with Gasteiger partial charge in [0.15, 0.2) is 0 Å². The molecule has 0 radical (unpaired) electrons. The molecule has 7 nitrogen and oxygen atoms in total. The number of hydrogen-bond acceptors (Lipinski definition) is 3. The third kappa shape index (κ3) is 77.3. The van der Waals surface area contributed by atoms with Gasteiger partial charge in [0, 0.05) is 0 Å². The molecule has 9 heavy (non-hydrogen) atoms. The smallest absolute Gasteiger partial charge is 1.00 e. The molecule has 0 unspecified atom stereocenters. The van der Waals surface area contributed by atoms with Gasteiger partial charge in [0.1, 0.15) is 0 Å². The minimum atomic E-state index is -1.69. The Morgan fingerprint density at radius 2 is 1.44 bits per heavy atom. The van der Waals surface area contributed by atoms with Gasteiger partial charge in [-0.05, 0) is 0 Å². The first-order chi connectivity index (χ1) is 2.27. The molecule has 0 aromatic rings. The molecule has 58 valence electrons. The van der Waals surface area contributed by atoms with E-state index in [2.05, 4.69) is 4.89 Å². The minimum Gasteiger partial charge on any atom is -1.00 e. The Bertz CT molecular complexity index is 51.7. The molecule has 0 rings (SSSR count). The van der Waals surface area contributed by atoms with Gasteiger partial charge in [-0.3, -0.25) is 4.89 Å². The quantitative estimate of drug-likeness (QED) is 0.227. The fourth-order valence-corrected chi connectivity index (χ4v) is 0. The van der Waals surface area contributed by atoms with Crippen molar-refractivity contribution in [1.29, 1.82) is 0 Å². The van der Waals surface area contributed by atoms with E-state index in [4.69, 9.17) is 15.2 Å². The zero-order valence-corrected chi connectivity index (χ0v) is 5.83. The van der Waals surface area contributed by atoms with Crippen molar-refractivity contribution >= 4 is 29.2 Å². The van der Waals surface area contributed by atoms with Gasteiger partial charge >= 0.3 is 29.2 Å². The fraction of sp³-hybridized carbons (Fsp3) is 0. The third-order valence-electron chi connectivity index (χ3n) is 0.0781. The molecule has 8 heteroatoms. The largest absolute Gasteiger partial charge is 2.00 e. The summed E-state index contributed by atoms with van der Waals surface area (Å²) >= 11 is 0. The molecule has 0 atom stereocenters. The molecule has 0 aliphatic carbocycles. The Labute approximate surface area is 69.2 Å². The van der Waals surface area contributed by atoms with Crippen LogP contribution in [0.1, 0.15) is 2.85 Å². The SMILES string of the molecule is O.O.O.O=C(O)OO.[H-].[H-].[Mg+2]. The summed E-state index contributed by atoms with van der Waals surface area (Å²) in [6.45, 7) is 0. The van der Waals surface area contributed by atoms with Crippen LogP contribution >= 0.6 is 0 Å². The van der Waals surface area contributed by atoms with Gasteiger partial charge < -0.3 is 24.4 Å². The summed E-state index contributed by atoms with van der Waals surface area (Å²) < 4.78 is 0. The standard InChI is InChI=1S/CH2O4.Mg.3H2O.2H/c2-1(3)5-4;;;;;;/h4H,(H,2,3);;3*1H2;;/q;+2;;;;2*-1. The monoisotopic (exact) mass is 158 g/mol. The number of hydrogen-bond donors (Lipinski definition) is 2. The molecule has 0 saturated heterocycles. The summed E-state index contributed by atoms with van der Waals surface area (Å²) in [7, 11) is 0. The van der Waals surface area contributed by atoms with Crippen molar-refractivity contribution < 1.29 is 39.3 Å². The Hall–Kier alpha value is -0.124. The van der Waals surface area contributed by atoms with Crippen LogP contribution in [0.4, 0.5) is 4.79 Å². The van der Waals surface area contributed by atoms with E-state index in [9.17, 15) is 0 Å². The molecule has 0 aliphatic heterocycles. The van der Waals surface area contributed by atoms with E-state index >= 15 is 0 Å². The summed E-state index contributed by atoms with van der Waals surface area (Å²) in [4.78, 5) is 11.6. The second kappa shape index (κ2) is 24.8. The Balaban J connectivity index is -0.00000000533. The van der Waals surface area contributed by atoms with E-state index in [1.807, 2.05) is 0 Å². The van der Waals surface area contributed by atoms with E-state index < -0.39 is 6.16 Å². The van der Waals surface area contributed by atoms with Gasteiger partial charge in [-0.25, -0.2) is 4.79 Å². The van der Waals surface area contributed by atoms with Crippen LogP contribution < -0.4 is 0 Å². The first-order valence-corrected chi connectivity index (χ1v) is 0.814. The van der Waals surface area contributed by atoms with Gasteiger partial charge in [-0.1, -0.05) is 0 Å². The molecule has 0 saturated carbocycles. The normalized spacial score (nSPS) is 3.67. The number of rotatable bonds is 0. The molecular weight excluding hydrogens is 148 g/mol. The second-order valence-electron chi connectivity index (χ2n) is 0.357. The van der Waals surface area contributed by atoms with Crippen LogP contribution in [0.5, 0.6) is 0 Å². The fourth-order valence-electron chi connectivity index (χ4n) is 0. The van der Waals surface area contributed by atoms with Gasteiger partial charge in [-0.15, -0.1) is 0 Å². The third-order valence-corrected chi connectivity index (χ3v) is 0.0781. The van der Waals surface area contributed by atoms with Crippen molar-refractivity contribution in [3.8, 4) is 0 Å². The molecular formula is CH10MgO7. The van der Waals surface area contributed by atoms with E-state index in [1.165, 1.54) is 0 Å². The summed E-state index contributed by atoms with van der Waals surface area (Å²) in [5.74, 6) is 0. The van der Waals surface area contributed by atoms with Crippen molar-refractivity contribution in [2.45, 2.75) is 0 Å². The second-order valence-corrected chi connectivity index (χ2v) is 0.357. The van der Waals surface area contributed by atoms with Crippen LogP contribution in [-0.4, -0.2) is 56.0 Å². The van der Waals surface area contributed by atoms with Crippen LogP contribution in [0, 0.1) is 0 Å². The number of carboxylic acid groups (broad SMARTS) is 1. The Kier molecular flexibility index (Phi) is 101. The van der Waals surface area contributed by atoms with Gasteiger partial charge in [-0.2, -0.15) is 5.26 Å². The molecule has 0 aromatic carbocycles. The molecule has 0 aliphatic rings. The van der Waals surface area contributed by atoms with Crippen LogP contribution in [0.3, 0.4) is 0 Å². The minimum absolute atomic E-state index is 0. The molecule has 0 spiro atoms. The van der Waals surface area contributed by atoms with E-state index in [0.717, 1.165) is 0 Å². The molecule has 0 bridgehead atoms. The summed E-state index contributed by atoms with van der Waals surface area (Å²) in [6, 6.07) is 0. The Morgan fingerprint density at radius 1 is 1.33 bits per heavy atom. The first kappa shape index (κ1) is 36.6. The predicted molar refractivity (Wildman–Crippen MR) is 30.6 cm³/mol. The zero-order valence-electron chi connectivity index (χ0n) is 6.42. The van der Waals surface area contributed by atoms with Crippen LogP contribution in [-0.2, 0) is 4.89 Å². The van der Waals surface area contributed by atoms with E-state index in [0.29, 0.717) is 0 Å². The number of carbonyl (C=O) groups is 1. The van der Waals surface area contributed by atoms with Crippen molar-refractivity contribution in [2.24, 2.45) is 0 Å². The van der Waals surface area contributed by atoms with Crippen LogP contribution in [0.2, 0.25) is 0 Å². The van der Waals surface area contributed by atoms with Crippen molar-refractivity contribution in [3.05, 3.63) is 0 Å². The molecule has 0 heterocycles. The first-order valence-electron chi connectivity index (χ1n) is 0.814. The summed E-state index contributed by atoms with van der Waals surface area (Å²) in [6.07, 6.45) is -1.69. The van der Waals surface area contributed by atoms with Crippen LogP contribution in [0.15, 0.2) is 0 Å². The van der Waals surface area contributed by atoms with Crippen molar-refractivity contribution in [2.75, 3.05) is 0 Å². The predicted octanol–water partition coefficient (Wildman–Crippen LogP) is -2.48. The zero-order chi connectivity index (χ0) is 4.28. The average molecular weight is 158 g/mol. The van der Waals surface area contributed by atoms with E-state index in [-0.39, 0.29) is 42.3 Å². The van der Waals surface area contributed by atoms with E-state index in [1.54, 1.807) is 0 Å². The maximum atomic E-state index is 8.90. The molecule has 0 amide bonds. The maximum Gasteiger partial charge on any atom is 2.00 e. The Morgan fingerprint density at radius 3 is 1.44 bits per heavy atom. The van der Waals surface area contributed by atoms with Crippen LogP contribution in [0.25, 0.3) is 0 Å². The van der Waals surface area contributed by atoms with Gasteiger partial charge in [0.05, 0.1) is 0 Å². The summed E-state index contributed by atoms with van der Waals surface area (Å²) in [5, 5.41) is 14.3. The maximum absolute atomic E-state index is 8.90. The molecule has 8 N–H and O–H groups in total. The summed E-state index contributed by atoms with van der Waals surface area (Å²) in [5.41, 5.74) is 0. The topological polar surface area (TPSA) is 161 Å². The van der Waals surface area contributed by atoms with Gasteiger partial charge in [0.2, 0.25) is 0 Å². The van der Waals surface area contributed by atoms with Crippen molar-refractivity contribution in [1.82, 2.24) is 0 Å². The van der Waals surface area contributed by atoms with Crippen molar-refractivity contribution in [3.63, 3.8) is 0 Å².